The summed E-state index contributed by atoms with van der Waals surface area (Å²) in [5.74, 6) is -0.0204. The highest BCUT2D eigenvalue weighted by atomic mass is 19.4. The van der Waals surface area contributed by atoms with E-state index < -0.39 is 29.2 Å². The lowest BCUT2D eigenvalue weighted by molar-refractivity contribution is -0.137. The molecule has 0 spiro atoms. The number of nitrogens with zero attached hydrogens (tertiary/aromatic N) is 3. The van der Waals surface area contributed by atoms with Crippen LogP contribution in [0.15, 0.2) is 35.5 Å². The Kier molecular flexibility index (Phi) is 5.81. The van der Waals surface area contributed by atoms with Gasteiger partial charge in [0.25, 0.3) is 5.56 Å². The first-order chi connectivity index (χ1) is 13.2. The molecule has 0 aliphatic heterocycles. The zero-order chi connectivity index (χ0) is 20.3. The molecule has 0 radical (unpaired) electrons. The van der Waals surface area contributed by atoms with E-state index in [2.05, 4.69) is 15.3 Å². The van der Waals surface area contributed by atoms with Crippen molar-refractivity contribution in [2.24, 2.45) is 5.92 Å². The normalized spacial score (nSPS) is 16.1. The quantitative estimate of drug-likeness (QED) is 0.838. The van der Waals surface area contributed by atoms with Gasteiger partial charge < -0.3 is 9.88 Å². The average Bonchev–Trinajstić information content (AvgIpc) is 3.14. The van der Waals surface area contributed by atoms with Crippen LogP contribution in [-0.2, 0) is 11.0 Å². The Hall–Kier alpha value is -2.71. The lowest BCUT2D eigenvalue weighted by atomic mass is 9.97. The Labute approximate surface area is 159 Å². The van der Waals surface area contributed by atoms with Crippen molar-refractivity contribution < 1.29 is 18.0 Å². The molecule has 9 heteroatoms. The molecule has 1 aliphatic carbocycles. The van der Waals surface area contributed by atoms with Crippen LogP contribution in [0.1, 0.15) is 49.4 Å². The van der Waals surface area contributed by atoms with Crippen LogP contribution in [0.2, 0.25) is 0 Å². The van der Waals surface area contributed by atoms with E-state index in [1.54, 1.807) is 6.92 Å². The van der Waals surface area contributed by atoms with Crippen molar-refractivity contribution in [2.75, 3.05) is 5.32 Å². The Morgan fingerprint density at radius 1 is 1.29 bits per heavy atom. The summed E-state index contributed by atoms with van der Waals surface area (Å²) >= 11 is 0. The van der Waals surface area contributed by atoms with Crippen LogP contribution in [0.5, 0.6) is 0 Å². The molecule has 1 amide bonds. The smallest absolute Gasteiger partial charge is 0.308 e. The summed E-state index contributed by atoms with van der Waals surface area (Å²) in [5, 5.41) is 2.62. The van der Waals surface area contributed by atoms with Gasteiger partial charge in [0.05, 0.1) is 23.7 Å². The zero-order valence-corrected chi connectivity index (χ0v) is 15.4. The van der Waals surface area contributed by atoms with Crippen LogP contribution in [0, 0.1) is 12.8 Å². The van der Waals surface area contributed by atoms with E-state index in [0.29, 0.717) is 18.2 Å². The van der Waals surface area contributed by atoms with Gasteiger partial charge in [-0.25, -0.2) is 4.98 Å². The SMILES string of the molecule is Cc1cnc(NC(=O)C(CC2CCCC2)n2ccc(C(F)(F)F)cc2=O)cn1. The number of carbonyl (C=O) groups excluding carboxylic acids is 1. The summed E-state index contributed by atoms with van der Waals surface area (Å²) in [6.45, 7) is 1.75. The van der Waals surface area contributed by atoms with Crippen molar-refractivity contribution in [1.82, 2.24) is 14.5 Å². The molecule has 6 nitrogen and oxygen atoms in total. The van der Waals surface area contributed by atoms with Gasteiger partial charge >= 0.3 is 6.18 Å². The third kappa shape index (κ3) is 4.76. The highest BCUT2D eigenvalue weighted by molar-refractivity contribution is 5.92. The van der Waals surface area contributed by atoms with Crippen molar-refractivity contribution in [3.8, 4) is 0 Å². The summed E-state index contributed by atoms with van der Waals surface area (Å²) in [5.41, 5.74) is -1.21. The van der Waals surface area contributed by atoms with E-state index in [1.807, 2.05) is 0 Å². The van der Waals surface area contributed by atoms with E-state index in [0.717, 1.165) is 42.5 Å². The van der Waals surface area contributed by atoms with Crippen molar-refractivity contribution in [2.45, 2.75) is 51.2 Å². The molecule has 150 valence electrons. The van der Waals surface area contributed by atoms with Crippen molar-refractivity contribution in [3.05, 3.63) is 52.3 Å². The Morgan fingerprint density at radius 2 is 2.00 bits per heavy atom. The number of amides is 1. The predicted molar refractivity (Wildman–Crippen MR) is 96.7 cm³/mol. The fourth-order valence-electron chi connectivity index (χ4n) is 3.50. The lowest BCUT2D eigenvalue weighted by Gasteiger charge is -2.22. The fraction of sp³-hybridized carbons (Fsp3) is 0.474. The van der Waals surface area contributed by atoms with Gasteiger partial charge in [-0.15, -0.1) is 0 Å². The van der Waals surface area contributed by atoms with E-state index in [1.165, 1.54) is 12.4 Å². The van der Waals surface area contributed by atoms with E-state index >= 15 is 0 Å². The van der Waals surface area contributed by atoms with E-state index in [9.17, 15) is 22.8 Å². The molecule has 1 saturated carbocycles. The summed E-state index contributed by atoms with van der Waals surface area (Å²) in [6, 6.07) is 0.434. The molecule has 0 aromatic carbocycles. The van der Waals surface area contributed by atoms with Gasteiger partial charge in [-0.2, -0.15) is 13.2 Å². The van der Waals surface area contributed by atoms with Crippen LogP contribution in [0.4, 0.5) is 19.0 Å². The van der Waals surface area contributed by atoms with Crippen molar-refractivity contribution in [3.63, 3.8) is 0 Å². The fourth-order valence-corrected chi connectivity index (χ4v) is 3.50. The van der Waals surface area contributed by atoms with Crippen molar-refractivity contribution in [1.29, 1.82) is 0 Å². The van der Waals surface area contributed by atoms with E-state index in [-0.39, 0.29) is 11.7 Å². The van der Waals surface area contributed by atoms with Gasteiger partial charge in [0.15, 0.2) is 5.82 Å². The Bertz CT molecular complexity index is 887. The van der Waals surface area contributed by atoms with Gasteiger partial charge in [0, 0.05) is 12.3 Å². The number of alkyl halides is 3. The molecule has 2 aromatic heterocycles. The molecule has 1 fully saturated rings. The maximum Gasteiger partial charge on any atom is 0.416 e. The summed E-state index contributed by atoms with van der Waals surface area (Å²) < 4.78 is 39.7. The molecule has 1 unspecified atom stereocenters. The second kappa shape index (κ2) is 8.12. The number of halogens is 3. The molecule has 1 aliphatic rings. The van der Waals surface area contributed by atoms with Gasteiger partial charge in [0.2, 0.25) is 5.91 Å². The van der Waals surface area contributed by atoms with Gasteiger partial charge in [-0.05, 0) is 25.3 Å². The van der Waals surface area contributed by atoms with Crippen LogP contribution in [-0.4, -0.2) is 20.4 Å². The largest absolute Gasteiger partial charge is 0.416 e. The second-order valence-corrected chi connectivity index (χ2v) is 7.09. The Balaban J connectivity index is 1.89. The summed E-state index contributed by atoms with van der Waals surface area (Å²) in [7, 11) is 0. The number of hydrogen-bond acceptors (Lipinski definition) is 4. The second-order valence-electron chi connectivity index (χ2n) is 7.09. The van der Waals surface area contributed by atoms with Gasteiger partial charge in [-0.3, -0.25) is 14.6 Å². The zero-order valence-electron chi connectivity index (χ0n) is 15.4. The number of rotatable bonds is 5. The average molecular weight is 394 g/mol. The van der Waals surface area contributed by atoms with Gasteiger partial charge in [-0.1, -0.05) is 25.7 Å². The highest BCUT2D eigenvalue weighted by Crippen LogP contribution is 2.33. The first-order valence-corrected chi connectivity index (χ1v) is 9.13. The molecule has 28 heavy (non-hydrogen) atoms. The van der Waals surface area contributed by atoms with E-state index in [4.69, 9.17) is 0 Å². The number of carbonyl (C=O) groups is 1. The molecule has 0 saturated heterocycles. The topological polar surface area (TPSA) is 76.9 Å². The van der Waals surface area contributed by atoms with Crippen LogP contribution in [0.25, 0.3) is 0 Å². The first-order valence-electron chi connectivity index (χ1n) is 9.13. The molecule has 0 bridgehead atoms. The monoisotopic (exact) mass is 394 g/mol. The number of anilines is 1. The minimum atomic E-state index is -4.61. The Morgan fingerprint density at radius 3 is 2.57 bits per heavy atom. The number of aromatic nitrogens is 3. The molecule has 1 N–H and O–H groups in total. The molecule has 1 atom stereocenters. The molecular weight excluding hydrogens is 373 g/mol. The number of pyridine rings is 1. The predicted octanol–water partition coefficient (Wildman–Crippen LogP) is 3.73. The number of aryl methyl sites for hydroxylation is 1. The third-order valence-corrected chi connectivity index (χ3v) is 4.98. The first kappa shape index (κ1) is 20.0. The molecule has 2 heterocycles. The summed E-state index contributed by atoms with van der Waals surface area (Å²) in [4.78, 5) is 33.3. The minimum absolute atomic E-state index is 0.229. The maximum absolute atomic E-state index is 12.9. The number of hydrogen-bond donors (Lipinski definition) is 1. The minimum Gasteiger partial charge on any atom is -0.308 e. The number of nitrogens with one attached hydrogen (secondary N) is 1. The third-order valence-electron chi connectivity index (χ3n) is 4.98. The van der Waals surface area contributed by atoms with Crippen LogP contribution in [0.3, 0.4) is 0 Å². The molecule has 2 aromatic rings. The highest BCUT2D eigenvalue weighted by Gasteiger charge is 2.33. The standard InChI is InChI=1S/C19H21F3N4O2/c1-12-10-24-16(11-23-12)25-18(28)15(8-13-4-2-3-5-13)26-7-6-14(9-17(26)27)19(20,21)22/h6-7,9-11,13,15H,2-5,8H2,1H3,(H,24,25,28). The lowest BCUT2D eigenvalue weighted by Crippen LogP contribution is -2.34. The summed E-state index contributed by atoms with van der Waals surface area (Å²) in [6.07, 6.45) is 3.67. The molecular formula is C19H21F3N4O2. The maximum atomic E-state index is 12.9. The molecule has 3 rings (SSSR count). The van der Waals surface area contributed by atoms with Crippen LogP contribution >= 0.6 is 0 Å². The van der Waals surface area contributed by atoms with Crippen molar-refractivity contribution >= 4 is 11.7 Å². The van der Waals surface area contributed by atoms with Gasteiger partial charge in [0.1, 0.15) is 6.04 Å². The van der Waals surface area contributed by atoms with Crippen LogP contribution < -0.4 is 10.9 Å².